The molecule has 1 aliphatic heterocycles. The third-order valence-corrected chi connectivity index (χ3v) is 5.73. The highest BCUT2D eigenvalue weighted by Gasteiger charge is 2.27. The van der Waals surface area contributed by atoms with Crippen molar-refractivity contribution in [2.75, 3.05) is 20.1 Å². The molecule has 0 N–H and O–H groups in total. The van der Waals surface area contributed by atoms with Crippen molar-refractivity contribution in [3.8, 4) is 10.6 Å². The normalized spacial score (nSPS) is 16.5. The molecule has 0 spiro atoms. The molecule has 1 aromatic carbocycles. The minimum absolute atomic E-state index is 0.0384. The molecule has 1 aromatic heterocycles. The van der Waals surface area contributed by atoms with Gasteiger partial charge in [-0.2, -0.15) is 0 Å². The summed E-state index contributed by atoms with van der Waals surface area (Å²) in [7, 11) is 1.92. The molecule has 0 atom stereocenters. The third-order valence-electron chi connectivity index (χ3n) is 4.84. The first-order valence-corrected chi connectivity index (χ1v) is 9.46. The summed E-state index contributed by atoms with van der Waals surface area (Å²) in [6.45, 7) is 6.59. The van der Waals surface area contributed by atoms with E-state index in [4.69, 9.17) is 0 Å². The van der Waals surface area contributed by atoms with E-state index in [0.717, 1.165) is 36.5 Å². The van der Waals surface area contributed by atoms with E-state index in [-0.39, 0.29) is 5.91 Å². The smallest absolute Gasteiger partial charge is 0.273 e. The Morgan fingerprint density at radius 1 is 1.25 bits per heavy atom. The fourth-order valence-electron chi connectivity index (χ4n) is 3.22. The minimum atomic E-state index is 0.0384. The number of nitrogens with zero attached hydrogens (tertiary/aromatic N) is 3. The first-order valence-electron chi connectivity index (χ1n) is 8.58. The van der Waals surface area contributed by atoms with Crippen LogP contribution in [0.3, 0.4) is 0 Å². The second-order valence-corrected chi connectivity index (χ2v) is 7.54. The molecule has 24 heavy (non-hydrogen) atoms. The second-order valence-electron chi connectivity index (χ2n) is 6.68. The molecule has 5 heteroatoms. The molecule has 3 rings (SSSR count). The maximum atomic E-state index is 12.8. The van der Waals surface area contributed by atoms with Crippen molar-refractivity contribution in [3.63, 3.8) is 0 Å². The number of hydrogen-bond donors (Lipinski definition) is 0. The summed E-state index contributed by atoms with van der Waals surface area (Å²) in [4.78, 5) is 21.7. The molecule has 1 amide bonds. The summed E-state index contributed by atoms with van der Waals surface area (Å²) in [6, 6.07) is 10.9. The van der Waals surface area contributed by atoms with E-state index >= 15 is 0 Å². The van der Waals surface area contributed by atoms with Crippen molar-refractivity contribution in [1.29, 1.82) is 0 Å². The number of rotatable bonds is 4. The standard InChI is InChI=1S/C19H25N3OS/c1-14(2)22-11-9-16(10-12-22)21(3)19(23)17-13-24-18(20-17)15-7-5-4-6-8-15/h4-8,13-14,16H,9-12H2,1-3H3. The fraction of sp³-hybridized carbons (Fsp3) is 0.474. The first kappa shape index (κ1) is 17.1. The molecule has 0 saturated carbocycles. The minimum Gasteiger partial charge on any atom is -0.337 e. The average molecular weight is 343 g/mol. The van der Waals surface area contributed by atoms with Crippen molar-refractivity contribution in [2.45, 2.75) is 38.8 Å². The zero-order valence-corrected chi connectivity index (χ0v) is 15.4. The van der Waals surface area contributed by atoms with Crippen LogP contribution < -0.4 is 0 Å². The molecule has 0 unspecified atom stereocenters. The number of benzene rings is 1. The van der Waals surface area contributed by atoms with E-state index in [9.17, 15) is 4.79 Å². The molecule has 0 radical (unpaired) electrons. The Morgan fingerprint density at radius 3 is 2.54 bits per heavy atom. The Bertz CT molecular complexity index is 675. The van der Waals surface area contributed by atoms with E-state index in [0.29, 0.717) is 17.8 Å². The van der Waals surface area contributed by atoms with E-state index in [1.165, 1.54) is 11.3 Å². The largest absolute Gasteiger partial charge is 0.337 e. The molecule has 2 heterocycles. The van der Waals surface area contributed by atoms with Gasteiger partial charge >= 0.3 is 0 Å². The summed E-state index contributed by atoms with van der Waals surface area (Å²) >= 11 is 1.53. The first-order chi connectivity index (χ1) is 11.6. The predicted molar refractivity (Wildman–Crippen MR) is 99.4 cm³/mol. The van der Waals surface area contributed by atoms with Gasteiger partial charge in [-0.3, -0.25) is 4.79 Å². The van der Waals surface area contributed by atoms with E-state index in [2.05, 4.69) is 23.7 Å². The van der Waals surface area contributed by atoms with Crippen LogP contribution in [0.5, 0.6) is 0 Å². The van der Waals surface area contributed by atoms with Crippen molar-refractivity contribution in [1.82, 2.24) is 14.8 Å². The topological polar surface area (TPSA) is 36.4 Å². The maximum Gasteiger partial charge on any atom is 0.273 e. The van der Waals surface area contributed by atoms with E-state index in [1.807, 2.05) is 47.7 Å². The number of aromatic nitrogens is 1. The molecule has 1 saturated heterocycles. The SMILES string of the molecule is CC(C)N1CCC(N(C)C(=O)c2csc(-c3ccccc3)n2)CC1. The second kappa shape index (κ2) is 7.45. The Morgan fingerprint density at radius 2 is 1.92 bits per heavy atom. The highest BCUT2D eigenvalue weighted by atomic mass is 32.1. The number of amides is 1. The van der Waals surface area contributed by atoms with Crippen LogP contribution in [-0.2, 0) is 0 Å². The summed E-state index contributed by atoms with van der Waals surface area (Å²) in [5.41, 5.74) is 1.63. The lowest BCUT2D eigenvalue weighted by Gasteiger charge is -2.38. The maximum absolute atomic E-state index is 12.8. The monoisotopic (exact) mass is 343 g/mol. The van der Waals surface area contributed by atoms with Gasteiger partial charge in [0.25, 0.3) is 5.91 Å². The van der Waals surface area contributed by atoms with Crippen LogP contribution in [-0.4, -0.2) is 52.9 Å². The predicted octanol–water partition coefficient (Wildman–Crippen LogP) is 3.75. The molecular formula is C19H25N3OS. The van der Waals surface area contributed by atoms with Gasteiger partial charge in [-0.25, -0.2) is 4.98 Å². The Hall–Kier alpha value is -1.72. The van der Waals surface area contributed by atoms with Crippen molar-refractivity contribution in [2.24, 2.45) is 0 Å². The Labute approximate surface area is 148 Å². The van der Waals surface area contributed by atoms with Crippen molar-refractivity contribution < 1.29 is 4.79 Å². The Kier molecular flexibility index (Phi) is 5.31. The van der Waals surface area contributed by atoms with Crippen LogP contribution in [0.4, 0.5) is 0 Å². The summed E-state index contributed by atoms with van der Waals surface area (Å²) < 4.78 is 0. The number of carbonyl (C=O) groups excluding carboxylic acids is 1. The Balaban J connectivity index is 1.65. The van der Waals surface area contributed by atoms with Crippen LogP contribution >= 0.6 is 11.3 Å². The van der Waals surface area contributed by atoms with Crippen LogP contribution in [0.2, 0.25) is 0 Å². The van der Waals surface area contributed by atoms with Gasteiger partial charge in [0, 0.05) is 43.2 Å². The highest BCUT2D eigenvalue weighted by Crippen LogP contribution is 2.25. The third kappa shape index (κ3) is 3.68. The molecule has 128 valence electrons. The molecule has 2 aromatic rings. The highest BCUT2D eigenvalue weighted by molar-refractivity contribution is 7.13. The van der Waals surface area contributed by atoms with Crippen molar-refractivity contribution in [3.05, 3.63) is 41.4 Å². The summed E-state index contributed by atoms with van der Waals surface area (Å²) in [6.07, 6.45) is 2.08. The fourth-order valence-corrected chi connectivity index (χ4v) is 4.02. The lowest BCUT2D eigenvalue weighted by atomic mass is 10.0. The molecule has 1 fully saturated rings. The number of likely N-dealkylation sites (tertiary alicyclic amines) is 1. The molecule has 1 aliphatic rings. The molecule has 0 bridgehead atoms. The lowest BCUT2D eigenvalue weighted by molar-refractivity contribution is 0.0610. The number of thiazole rings is 1. The molecule has 0 aliphatic carbocycles. The van der Waals surface area contributed by atoms with Gasteiger partial charge in [0.15, 0.2) is 0 Å². The van der Waals surface area contributed by atoms with Gasteiger partial charge < -0.3 is 9.80 Å². The van der Waals surface area contributed by atoms with Crippen molar-refractivity contribution >= 4 is 17.2 Å². The van der Waals surface area contributed by atoms with E-state index < -0.39 is 0 Å². The van der Waals surface area contributed by atoms with Gasteiger partial charge in [-0.15, -0.1) is 11.3 Å². The average Bonchev–Trinajstić information content (AvgIpc) is 3.11. The summed E-state index contributed by atoms with van der Waals surface area (Å²) in [5, 5.41) is 2.78. The van der Waals surface area contributed by atoms with Gasteiger partial charge in [-0.05, 0) is 26.7 Å². The van der Waals surface area contributed by atoms with Crippen LogP contribution in [0.1, 0.15) is 37.2 Å². The summed E-state index contributed by atoms with van der Waals surface area (Å²) in [5.74, 6) is 0.0384. The van der Waals surface area contributed by atoms with Gasteiger partial charge in [0.1, 0.15) is 10.7 Å². The molecule has 4 nitrogen and oxygen atoms in total. The van der Waals surface area contributed by atoms with Gasteiger partial charge in [0.2, 0.25) is 0 Å². The number of carbonyl (C=O) groups is 1. The zero-order valence-electron chi connectivity index (χ0n) is 14.6. The van der Waals surface area contributed by atoms with Crippen LogP contribution in [0.15, 0.2) is 35.7 Å². The lowest BCUT2D eigenvalue weighted by Crippen LogP contribution is -2.47. The van der Waals surface area contributed by atoms with Gasteiger partial charge in [0.05, 0.1) is 0 Å². The van der Waals surface area contributed by atoms with Gasteiger partial charge in [-0.1, -0.05) is 30.3 Å². The van der Waals surface area contributed by atoms with E-state index in [1.54, 1.807) is 0 Å². The molecular weight excluding hydrogens is 318 g/mol. The zero-order chi connectivity index (χ0) is 17.1. The van der Waals surface area contributed by atoms with Crippen LogP contribution in [0.25, 0.3) is 10.6 Å². The quantitative estimate of drug-likeness (QED) is 0.848. The number of piperidine rings is 1. The van der Waals surface area contributed by atoms with Crippen LogP contribution in [0, 0.1) is 0 Å². The number of hydrogen-bond acceptors (Lipinski definition) is 4.